The molecule has 11 rings (SSSR count). The Kier molecular flexibility index (Phi) is 5.99. The van der Waals surface area contributed by atoms with Gasteiger partial charge in [0.25, 0.3) is 0 Å². The van der Waals surface area contributed by atoms with Gasteiger partial charge in [0.2, 0.25) is 0 Å². The van der Waals surface area contributed by atoms with E-state index in [2.05, 4.69) is 168 Å². The minimum Gasteiger partial charge on any atom is -0.405 e. The van der Waals surface area contributed by atoms with Crippen LogP contribution in [0.5, 0.6) is 0 Å². The van der Waals surface area contributed by atoms with Gasteiger partial charge in [-0.15, -0.1) is 0 Å². The molecule has 0 fully saturated rings. The van der Waals surface area contributed by atoms with Gasteiger partial charge in [-0.25, -0.2) is 4.98 Å². The molecule has 10 aromatic rings. The Labute approximate surface area is 300 Å². The lowest BCUT2D eigenvalue weighted by molar-refractivity contribution is 1.08. The average molecular weight is 665 g/mol. The quantitative estimate of drug-likeness (QED) is 0.204. The summed E-state index contributed by atoms with van der Waals surface area (Å²) in [6.07, 6.45) is 3.61. The number of rotatable bonds is 4. The van der Waals surface area contributed by atoms with Gasteiger partial charge in [-0.1, -0.05) is 97.1 Å². The number of hydrogen-bond acceptors (Lipinski definition) is 2. The second-order valence-corrected chi connectivity index (χ2v) is 13.8. The number of allylic oxidation sites excluding steroid dienone is 3. The molecule has 0 saturated heterocycles. The van der Waals surface area contributed by atoms with Gasteiger partial charge in [0.1, 0.15) is 5.82 Å². The fourth-order valence-electron chi connectivity index (χ4n) is 8.77. The molecule has 0 amide bonds. The Hall–Kier alpha value is -6.91. The van der Waals surface area contributed by atoms with Crippen molar-refractivity contribution in [1.82, 2.24) is 14.1 Å². The maximum Gasteiger partial charge on any atom is 0.138 e. The molecular formula is C48H32N4. The van der Waals surface area contributed by atoms with Crippen molar-refractivity contribution in [2.45, 2.75) is 6.92 Å². The first kappa shape index (κ1) is 28.9. The van der Waals surface area contributed by atoms with Crippen LogP contribution in [0.2, 0.25) is 0 Å². The molecule has 0 spiro atoms. The van der Waals surface area contributed by atoms with Crippen LogP contribution >= 0.6 is 0 Å². The Morgan fingerprint density at radius 1 is 0.519 bits per heavy atom. The van der Waals surface area contributed by atoms with Crippen LogP contribution in [-0.2, 0) is 0 Å². The molecule has 2 N–H and O–H groups in total. The van der Waals surface area contributed by atoms with Crippen LogP contribution in [-0.4, -0.2) is 14.1 Å². The van der Waals surface area contributed by atoms with Gasteiger partial charge in [0.05, 0.1) is 27.8 Å². The zero-order valence-corrected chi connectivity index (χ0v) is 28.5. The maximum atomic E-state index is 5.97. The summed E-state index contributed by atoms with van der Waals surface area (Å²) in [7, 11) is 0. The van der Waals surface area contributed by atoms with Crippen LogP contribution in [0, 0.1) is 0 Å². The fraction of sp³-hybridized carbons (Fsp3) is 0.0208. The molecule has 1 aliphatic rings. The van der Waals surface area contributed by atoms with Crippen LogP contribution in [0.25, 0.3) is 98.9 Å². The summed E-state index contributed by atoms with van der Waals surface area (Å²) in [6, 6.07) is 55.1. The van der Waals surface area contributed by atoms with Crippen LogP contribution in [0.3, 0.4) is 0 Å². The first-order valence-electron chi connectivity index (χ1n) is 17.8. The molecule has 0 saturated carbocycles. The lowest BCUT2D eigenvalue weighted by Gasteiger charge is -2.12. The monoisotopic (exact) mass is 664 g/mol. The highest BCUT2D eigenvalue weighted by Crippen LogP contribution is 2.44. The molecule has 3 aromatic heterocycles. The summed E-state index contributed by atoms with van der Waals surface area (Å²) < 4.78 is 4.71. The predicted octanol–water partition coefficient (Wildman–Crippen LogP) is 12.0. The SMILES string of the molecule is CC1=C(/C=C\N)c2nc(-n3c4ccc(-c5ccc6c(c5)c5ccccc5n6-c5ccccc5)cc4c4c5ccccc5ccc43)cc3cccc1c23. The zero-order valence-electron chi connectivity index (χ0n) is 28.5. The third-order valence-electron chi connectivity index (χ3n) is 11.1. The van der Waals surface area contributed by atoms with Gasteiger partial charge < -0.3 is 10.3 Å². The number of nitrogens with two attached hydrogens (primary N) is 1. The number of pyridine rings is 1. The van der Waals surface area contributed by atoms with Crippen molar-refractivity contribution < 1.29 is 0 Å². The minimum absolute atomic E-state index is 0.899. The van der Waals surface area contributed by atoms with Crippen molar-refractivity contribution in [3.63, 3.8) is 0 Å². The van der Waals surface area contributed by atoms with E-state index in [4.69, 9.17) is 10.7 Å². The van der Waals surface area contributed by atoms with Crippen molar-refractivity contribution in [2.24, 2.45) is 5.73 Å². The standard InChI is InChI=1S/C48H32N4/c1-29-35-16-9-11-33-28-45(50-48(46(33)35)36(29)24-25-49)52-43-22-20-32(27-40(43)47-37-14-6-5-10-30(37)18-23-44(47)52)31-19-21-42-39(26-31)38-15-7-8-17-41(38)51(42)34-12-3-2-4-13-34/h2-28H,49H2,1H3/b25-24-. The topological polar surface area (TPSA) is 48.8 Å². The predicted molar refractivity (Wildman–Crippen MR) is 219 cm³/mol. The molecule has 3 heterocycles. The van der Waals surface area contributed by atoms with Gasteiger partial charge in [0, 0.05) is 38.2 Å². The Morgan fingerprint density at radius 2 is 1.19 bits per heavy atom. The molecule has 1 aliphatic carbocycles. The molecule has 0 bridgehead atoms. The summed E-state index contributed by atoms with van der Waals surface area (Å²) in [5.41, 5.74) is 18.7. The van der Waals surface area contributed by atoms with E-state index < -0.39 is 0 Å². The van der Waals surface area contributed by atoms with Crippen molar-refractivity contribution in [3.8, 4) is 22.6 Å². The van der Waals surface area contributed by atoms with Crippen LogP contribution in [0.4, 0.5) is 0 Å². The first-order chi connectivity index (χ1) is 25.7. The third kappa shape index (κ3) is 3.95. The molecule has 0 radical (unpaired) electrons. The second-order valence-electron chi connectivity index (χ2n) is 13.8. The van der Waals surface area contributed by atoms with Crippen LogP contribution in [0.15, 0.2) is 164 Å². The molecule has 4 heteroatoms. The number of nitrogens with zero attached hydrogens (tertiary/aromatic N) is 3. The molecule has 52 heavy (non-hydrogen) atoms. The lowest BCUT2D eigenvalue weighted by atomic mass is 9.99. The van der Waals surface area contributed by atoms with E-state index in [1.807, 2.05) is 6.08 Å². The summed E-state index contributed by atoms with van der Waals surface area (Å²) in [5, 5.41) is 9.75. The fourth-order valence-corrected chi connectivity index (χ4v) is 8.77. The maximum absolute atomic E-state index is 5.97. The summed E-state index contributed by atoms with van der Waals surface area (Å²) in [4.78, 5) is 5.41. The van der Waals surface area contributed by atoms with E-state index in [-0.39, 0.29) is 0 Å². The second kappa shape index (κ2) is 10.8. The highest BCUT2D eigenvalue weighted by molar-refractivity contribution is 6.22. The van der Waals surface area contributed by atoms with E-state index in [1.54, 1.807) is 6.20 Å². The minimum atomic E-state index is 0.899. The molecule has 4 nitrogen and oxygen atoms in total. The molecule has 0 atom stereocenters. The lowest BCUT2D eigenvalue weighted by Crippen LogP contribution is -2.00. The number of fused-ring (bicyclic) bond motifs is 8. The van der Waals surface area contributed by atoms with E-state index in [0.717, 1.165) is 33.8 Å². The van der Waals surface area contributed by atoms with Gasteiger partial charge in [-0.2, -0.15) is 0 Å². The molecule has 0 unspecified atom stereocenters. The Bertz CT molecular complexity index is 3190. The van der Waals surface area contributed by atoms with E-state index in [1.165, 1.54) is 76.4 Å². The molecule has 7 aromatic carbocycles. The number of benzene rings is 7. The van der Waals surface area contributed by atoms with E-state index in [9.17, 15) is 0 Å². The first-order valence-corrected chi connectivity index (χ1v) is 17.8. The number of para-hydroxylation sites is 2. The highest BCUT2D eigenvalue weighted by atomic mass is 15.1. The van der Waals surface area contributed by atoms with Crippen molar-refractivity contribution in [1.29, 1.82) is 0 Å². The van der Waals surface area contributed by atoms with Gasteiger partial charge in [0.15, 0.2) is 0 Å². The smallest absolute Gasteiger partial charge is 0.138 e. The largest absolute Gasteiger partial charge is 0.405 e. The normalized spacial score (nSPS) is 13.0. The molecular weight excluding hydrogens is 633 g/mol. The highest BCUT2D eigenvalue weighted by Gasteiger charge is 2.24. The van der Waals surface area contributed by atoms with Gasteiger partial charge in [-0.05, 0) is 112 Å². The Morgan fingerprint density at radius 3 is 2.02 bits per heavy atom. The summed E-state index contributed by atoms with van der Waals surface area (Å²) in [6.45, 7) is 2.16. The number of hydrogen-bond donors (Lipinski definition) is 1. The van der Waals surface area contributed by atoms with Crippen LogP contribution < -0.4 is 5.73 Å². The Balaban J connectivity index is 1.17. The summed E-state index contributed by atoms with van der Waals surface area (Å²) >= 11 is 0. The van der Waals surface area contributed by atoms with Crippen molar-refractivity contribution >= 4 is 76.3 Å². The molecule has 244 valence electrons. The van der Waals surface area contributed by atoms with Crippen LogP contribution in [0.1, 0.15) is 18.2 Å². The third-order valence-corrected chi connectivity index (χ3v) is 11.1. The van der Waals surface area contributed by atoms with Crippen molar-refractivity contribution in [2.75, 3.05) is 0 Å². The average Bonchev–Trinajstić information content (AvgIpc) is 3.81. The number of aromatic nitrogens is 3. The van der Waals surface area contributed by atoms with Gasteiger partial charge >= 0.3 is 0 Å². The van der Waals surface area contributed by atoms with Crippen molar-refractivity contribution in [3.05, 3.63) is 175 Å². The van der Waals surface area contributed by atoms with E-state index >= 15 is 0 Å². The zero-order chi connectivity index (χ0) is 34.5. The molecule has 0 aliphatic heterocycles. The van der Waals surface area contributed by atoms with E-state index in [0.29, 0.717) is 0 Å². The van der Waals surface area contributed by atoms with Gasteiger partial charge in [-0.3, -0.25) is 4.57 Å². The summed E-state index contributed by atoms with van der Waals surface area (Å²) in [5.74, 6) is 0.899.